The highest BCUT2D eigenvalue weighted by molar-refractivity contribution is 7.95. The summed E-state index contributed by atoms with van der Waals surface area (Å²) in [5.74, 6) is -5.34. The van der Waals surface area contributed by atoms with E-state index in [1.54, 1.807) is 0 Å². The summed E-state index contributed by atoms with van der Waals surface area (Å²) in [6.45, 7) is 12.6. The molecular weight excluding hydrogens is 677 g/mol. The number of carbonyl (C=O) groups is 4. The number of hydrogen-bond donors (Lipinski definition) is 4. The fraction of sp³-hybridized carbons (Fsp3) is 0.520. The molecule has 0 rings (SSSR count). The van der Waals surface area contributed by atoms with Crippen LogP contribution in [0.4, 0.5) is 0 Å². The first-order valence-corrected chi connectivity index (χ1v) is 20.1. The number of amides is 4. The molecule has 20 heteroatoms. The van der Waals surface area contributed by atoms with E-state index in [0.717, 1.165) is 0 Å². The molecule has 256 valence electrons. The lowest BCUT2D eigenvalue weighted by Crippen LogP contribution is -2.50. The second-order valence-corrected chi connectivity index (χ2v) is 17.7. The molecular formula is C25H40N4O12S4. The van der Waals surface area contributed by atoms with E-state index in [-0.39, 0.29) is 19.3 Å². The summed E-state index contributed by atoms with van der Waals surface area (Å²) in [6, 6.07) is 0. The zero-order chi connectivity index (χ0) is 34.9. The van der Waals surface area contributed by atoms with Crippen LogP contribution in [0, 0.1) is 0 Å². The Kier molecular flexibility index (Phi) is 17.8. The Morgan fingerprint density at radius 3 is 0.822 bits per heavy atom. The first-order valence-electron chi connectivity index (χ1n) is 13.3. The van der Waals surface area contributed by atoms with Crippen LogP contribution in [-0.2, 0) is 58.5 Å². The molecule has 0 aromatic rings. The van der Waals surface area contributed by atoms with Crippen LogP contribution in [0.15, 0.2) is 47.9 Å². The molecule has 0 aliphatic heterocycles. The maximum absolute atomic E-state index is 12.4. The number of carbonyl (C=O) groups excluding carboxylic acids is 4. The molecule has 0 saturated heterocycles. The number of hydrogen-bond acceptors (Lipinski definition) is 12. The third-order valence-electron chi connectivity index (χ3n) is 5.80. The summed E-state index contributed by atoms with van der Waals surface area (Å²) in [4.78, 5) is 49.6. The van der Waals surface area contributed by atoms with Crippen molar-refractivity contribution in [1.82, 2.24) is 21.3 Å². The van der Waals surface area contributed by atoms with E-state index in [0.29, 0.717) is 21.6 Å². The van der Waals surface area contributed by atoms with Gasteiger partial charge in [0.05, 0.1) is 23.0 Å². The molecule has 45 heavy (non-hydrogen) atoms. The first kappa shape index (κ1) is 41.6. The Labute approximate surface area is 264 Å². The molecule has 0 heterocycles. The maximum atomic E-state index is 12.4. The Morgan fingerprint density at radius 1 is 0.444 bits per heavy atom. The second-order valence-electron chi connectivity index (χ2n) is 9.44. The number of nitrogens with one attached hydrogen (secondary N) is 4. The van der Waals surface area contributed by atoms with Gasteiger partial charge in [-0.3, -0.25) is 19.2 Å². The molecule has 0 saturated carbocycles. The minimum Gasteiger partial charge on any atom is -0.336 e. The van der Waals surface area contributed by atoms with Gasteiger partial charge in [-0.2, -0.15) is 0 Å². The third kappa shape index (κ3) is 20.3. The standard InChI is InChI=1S/C25H40N4O12S4/c1-5-42(34,35)16-12-22(30)26-20(27-23(31)13-17-43(36,37)6-2)10-9-11-21(28-24(32)14-18-44(38,39)7-3)29-25(33)15-19-45(40,41)8-4/h5-8,20-21H,1-4,9-19H2,(H,26,30)(H,27,31)(H,28,32)(H,29,33). The Bertz CT molecular complexity index is 1320. The number of rotatable bonds is 24. The van der Waals surface area contributed by atoms with Crippen LogP contribution in [0.1, 0.15) is 44.9 Å². The van der Waals surface area contributed by atoms with Crippen molar-refractivity contribution in [3.63, 3.8) is 0 Å². The summed E-state index contributed by atoms with van der Waals surface area (Å²) in [6.07, 6.45) is -4.26. The monoisotopic (exact) mass is 716 g/mol. The first-order chi connectivity index (χ1) is 20.7. The largest absolute Gasteiger partial charge is 0.336 e. The molecule has 0 fully saturated rings. The maximum Gasteiger partial charge on any atom is 0.222 e. The van der Waals surface area contributed by atoms with Gasteiger partial charge in [0.25, 0.3) is 0 Å². The average molecular weight is 717 g/mol. The second kappa shape index (κ2) is 19.2. The summed E-state index contributed by atoms with van der Waals surface area (Å²) in [5, 5.41) is 12.5. The van der Waals surface area contributed by atoms with Crippen molar-refractivity contribution < 1.29 is 52.8 Å². The summed E-state index contributed by atoms with van der Waals surface area (Å²) >= 11 is 0. The molecule has 0 radical (unpaired) electrons. The molecule has 4 amide bonds. The fourth-order valence-corrected chi connectivity index (χ4v) is 5.77. The average Bonchev–Trinajstić information content (AvgIpc) is 2.97. The molecule has 0 unspecified atom stereocenters. The van der Waals surface area contributed by atoms with E-state index >= 15 is 0 Å². The SMILES string of the molecule is C=CS(=O)(=O)CCC(=O)NC(CCCC(NC(=O)CCS(=O)(=O)C=C)NC(=O)CCS(=O)(=O)C=C)NC(=O)CCS(=O)(=O)C=C. The van der Waals surface area contributed by atoms with Gasteiger partial charge in [0, 0.05) is 47.3 Å². The van der Waals surface area contributed by atoms with E-state index in [1.807, 2.05) is 0 Å². The smallest absolute Gasteiger partial charge is 0.222 e. The Balaban J connectivity index is 5.67. The van der Waals surface area contributed by atoms with Crippen molar-refractivity contribution in [2.75, 3.05) is 23.0 Å². The van der Waals surface area contributed by atoms with Gasteiger partial charge < -0.3 is 21.3 Å². The van der Waals surface area contributed by atoms with E-state index in [9.17, 15) is 52.8 Å². The van der Waals surface area contributed by atoms with Crippen molar-refractivity contribution >= 4 is 63.0 Å². The summed E-state index contributed by atoms with van der Waals surface area (Å²) in [7, 11) is -14.8. The van der Waals surface area contributed by atoms with Crippen LogP contribution in [0.25, 0.3) is 0 Å². The van der Waals surface area contributed by atoms with E-state index in [1.165, 1.54) is 0 Å². The molecule has 0 aromatic carbocycles. The third-order valence-corrected chi connectivity index (χ3v) is 10.9. The lowest BCUT2D eigenvalue weighted by Gasteiger charge is -2.23. The molecule has 0 atom stereocenters. The summed E-state index contributed by atoms with van der Waals surface area (Å²) < 4.78 is 93.3. The molecule has 16 nitrogen and oxygen atoms in total. The fourth-order valence-electron chi connectivity index (χ4n) is 3.23. The van der Waals surface area contributed by atoms with Crippen LogP contribution in [0.2, 0.25) is 0 Å². The quantitative estimate of drug-likeness (QED) is 0.0884. The molecule has 0 aliphatic rings. The van der Waals surface area contributed by atoms with Gasteiger partial charge in [-0.15, -0.1) is 0 Å². The lowest BCUT2D eigenvalue weighted by molar-refractivity contribution is -0.125. The topological polar surface area (TPSA) is 253 Å². The zero-order valence-electron chi connectivity index (χ0n) is 24.6. The van der Waals surface area contributed by atoms with Gasteiger partial charge in [-0.05, 0) is 19.3 Å². The molecule has 0 spiro atoms. The van der Waals surface area contributed by atoms with Crippen LogP contribution in [0.3, 0.4) is 0 Å². The summed E-state index contributed by atoms with van der Waals surface area (Å²) in [5.41, 5.74) is 0. The lowest BCUT2D eigenvalue weighted by atomic mass is 10.1. The predicted molar refractivity (Wildman–Crippen MR) is 168 cm³/mol. The van der Waals surface area contributed by atoms with E-state index in [2.05, 4.69) is 47.6 Å². The van der Waals surface area contributed by atoms with Gasteiger partial charge in [-0.1, -0.05) is 26.3 Å². The van der Waals surface area contributed by atoms with Gasteiger partial charge in [-0.25, -0.2) is 33.7 Å². The molecule has 0 aliphatic carbocycles. The molecule has 0 bridgehead atoms. The van der Waals surface area contributed by atoms with E-state index < -0.39 is 124 Å². The van der Waals surface area contributed by atoms with Crippen molar-refractivity contribution in [2.24, 2.45) is 0 Å². The van der Waals surface area contributed by atoms with Crippen molar-refractivity contribution in [3.8, 4) is 0 Å². The zero-order valence-corrected chi connectivity index (χ0v) is 27.9. The highest BCUT2D eigenvalue weighted by Crippen LogP contribution is 2.06. The molecule has 4 N–H and O–H groups in total. The van der Waals surface area contributed by atoms with Crippen molar-refractivity contribution in [3.05, 3.63) is 47.9 Å². The van der Waals surface area contributed by atoms with Gasteiger partial charge >= 0.3 is 0 Å². The van der Waals surface area contributed by atoms with Crippen LogP contribution >= 0.6 is 0 Å². The minimum absolute atomic E-state index is 0.0577. The van der Waals surface area contributed by atoms with Crippen LogP contribution in [0.5, 0.6) is 0 Å². The van der Waals surface area contributed by atoms with Crippen LogP contribution in [-0.4, -0.2) is 92.6 Å². The highest BCUT2D eigenvalue weighted by Gasteiger charge is 2.21. The minimum atomic E-state index is -3.71. The predicted octanol–water partition coefficient (Wildman–Crippen LogP) is -0.933. The van der Waals surface area contributed by atoms with Gasteiger partial charge in [0.1, 0.15) is 12.3 Å². The molecule has 0 aromatic heterocycles. The van der Waals surface area contributed by atoms with E-state index in [4.69, 9.17) is 0 Å². The van der Waals surface area contributed by atoms with Crippen molar-refractivity contribution in [2.45, 2.75) is 57.3 Å². The van der Waals surface area contributed by atoms with Gasteiger partial charge in [0.2, 0.25) is 23.6 Å². The highest BCUT2D eigenvalue weighted by atomic mass is 32.2. The number of sulfone groups is 4. The van der Waals surface area contributed by atoms with Crippen LogP contribution < -0.4 is 21.3 Å². The Hall–Kier alpha value is -3.36. The Morgan fingerprint density at radius 2 is 0.644 bits per heavy atom. The normalized spacial score (nSPS) is 12.1. The van der Waals surface area contributed by atoms with Crippen molar-refractivity contribution in [1.29, 1.82) is 0 Å². The van der Waals surface area contributed by atoms with Gasteiger partial charge in [0.15, 0.2) is 39.3 Å².